The van der Waals surface area contributed by atoms with E-state index in [0.717, 1.165) is 31.7 Å². The second kappa shape index (κ2) is 5.83. The summed E-state index contributed by atoms with van der Waals surface area (Å²) >= 11 is 0. The minimum atomic E-state index is 0.494. The molecule has 4 nitrogen and oxygen atoms in total. The Hall–Kier alpha value is -1.55. The highest BCUT2D eigenvalue weighted by Gasteiger charge is 2.15. The van der Waals surface area contributed by atoms with Crippen LogP contribution in [0.15, 0.2) is 23.1 Å². The van der Waals surface area contributed by atoms with Gasteiger partial charge in [0.15, 0.2) is 0 Å². The molecule has 0 bridgehead atoms. The number of furan rings is 1. The molecule has 0 amide bonds. The number of aryl methyl sites for hydroxylation is 1. The maximum Gasteiger partial charge on any atom is 0.123 e. The number of aromatic nitrogens is 2. The van der Waals surface area contributed by atoms with Gasteiger partial charge in [-0.2, -0.15) is 0 Å². The fourth-order valence-corrected chi connectivity index (χ4v) is 2.76. The van der Waals surface area contributed by atoms with Crippen LogP contribution in [0.3, 0.4) is 0 Å². The van der Waals surface area contributed by atoms with Crippen LogP contribution in [0, 0.1) is 0 Å². The third-order valence-corrected chi connectivity index (χ3v) is 3.86. The number of hydrogen-bond donors (Lipinski definition) is 1. The second-order valence-corrected chi connectivity index (χ2v) is 5.93. The van der Waals surface area contributed by atoms with Crippen LogP contribution in [0.5, 0.6) is 0 Å². The van der Waals surface area contributed by atoms with E-state index in [-0.39, 0.29) is 0 Å². The van der Waals surface area contributed by atoms with E-state index < -0.39 is 0 Å². The second-order valence-electron chi connectivity index (χ2n) is 5.93. The lowest BCUT2D eigenvalue weighted by molar-refractivity contribution is 0.483. The molecule has 2 heterocycles. The molecule has 2 aromatic rings. The Balaban J connectivity index is 1.67. The number of nitrogens with zero attached hydrogens (tertiary/aromatic N) is 2. The lowest BCUT2D eigenvalue weighted by Gasteiger charge is -2.13. The number of imidazole rings is 1. The first-order valence-electron chi connectivity index (χ1n) is 7.55. The normalized spacial score (nSPS) is 14.8. The largest absolute Gasteiger partial charge is 0.467 e. The SMILES string of the molecule is CC(C)NCc1coc(Cn2cnc3c2CCCC3)c1. The summed E-state index contributed by atoms with van der Waals surface area (Å²) < 4.78 is 7.92. The summed E-state index contributed by atoms with van der Waals surface area (Å²) in [5, 5.41) is 3.40. The molecule has 0 aliphatic heterocycles. The standard InChI is InChI=1S/C16H23N3O/c1-12(2)17-8-13-7-14(20-10-13)9-19-11-18-15-5-3-4-6-16(15)19/h7,10-12,17H,3-6,8-9H2,1-2H3. The van der Waals surface area contributed by atoms with Crippen molar-refractivity contribution in [3.8, 4) is 0 Å². The molecule has 1 aliphatic carbocycles. The zero-order valence-electron chi connectivity index (χ0n) is 12.4. The average molecular weight is 273 g/mol. The summed E-state index contributed by atoms with van der Waals surface area (Å²) in [7, 11) is 0. The van der Waals surface area contributed by atoms with Crippen molar-refractivity contribution in [3.05, 3.63) is 41.4 Å². The quantitative estimate of drug-likeness (QED) is 0.911. The molecule has 0 aromatic carbocycles. The molecule has 0 saturated carbocycles. The first-order chi connectivity index (χ1) is 9.72. The van der Waals surface area contributed by atoms with Crippen LogP contribution in [0.25, 0.3) is 0 Å². The topological polar surface area (TPSA) is 43.0 Å². The lowest BCUT2D eigenvalue weighted by atomic mass is 10.0. The van der Waals surface area contributed by atoms with E-state index in [9.17, 15) is 0 Å². The highest BCUT2D eigenvalue weighted by Crippen LogP contribution is 2.21. The Morgan fingerprint density at radius 3 is 3.05 bits per heavy atom. The van der Waals surface area contributed by atoms with E-state index in [1.54, 1.807) is 0 Å². The fourth-order valence-electron chi connectivity index (χ4n) is 2.76. The van der Waals surface area contributed by atoms with Crippen LogP contribution in [-0.4, -0.2) is 15.6 Å². The first-order valence-corrected chi connectivity index (χ1v) is 7.55. The Bertz CT molecular complexity index is 568. The fraction of sp³-hybridized carbons (Fsp3) is 0.562. The van der Waals surface area contributed by atoms with E-state index in [1.807, 2.05) is 12.6 Å². The van der Waals surface area contributed by atoms with Gasteiger partial charge in [0, 0.05) is 23.8 Å². The number of hydrogen-bond acceptors (Lipinski definition) is 3. The Morgan fingerprint density at radius 1 is 1.35 bits per heavy atom. The Labute approximate surface area is 120 Å². The van der Waals surface area contributed by atoms with E-state index in [1.165, 1.54) is 29.8 Å². The van der Waals surface area contributed by atoms with Crippen LogP contribution < -0.4 is 5.32 Å². The van der Waals surface area contributed by atoms with Crippen LogP contribution in [0.1, 0.15) is 49.4 Å². The van der Waals surface area contributed by atoms with Gasteiger partial charge in [-0.05, 0) is 31.7 Å². The summed E-state index contributed by atoms with van der Waals surface area (Å²) in [6.45, 7) is 5.96. The van der Waals surface area contributed by atoms with Crippen molar-refractivity contribution < 1.29 is 4.42 Å². The van der Waals surface area contributed by atoms with Crippen LogP contribution >= 0.6 is 0 Å². The minimum absolute atomic E-state index is 0.494. The summed E-state index contributed by atoms with van der Waals surface area (Å²) in [6, 6.07) is 2.64. The van der Waals surface area contributed by atoms with Crippen LogP contribution in [0.4, 0.5) is 0 Å². The van der Waals surface area contributed by atoms with E-state index >= 15 is 0 Å². The first kappa shape index (κ1) is 13.4. The van der Waals surface area contributed by atoms with Crippen molar-refractivity contribution in [1.29, 1.82) is 0 Å². The Kier molecular flexibility index (Phi) is 3.92. The number of nitrogens with one attached hydrogen (secondary N) is 1. The molecule has 0 atom stereocenters. The van der Waals surface area contributed by atoms with Gasteiger partial charge in [-0.15, -0.1) is 0 Å². The Morgan fingerprint density at radius 2 is 2.20 bits per heavy atom. The highest BCUT2D eigenvalue weighted by molar-refractivity contribution is 5.19. The van der Waals surface area contributed by atoms with Gasteiger partial charge in [-0.3, -0.25) is 0 Å². The van der Waals surface area contributed by atoms with Crippen molar-refractivity contribution in [1.82, 2.24) is 14.9 Å². The summed E-state index contributed by atoms with van der Waals surface area (Å²) in [5.41, 5.74) is 3.89. The zero-order valence-corrected chi connectivity index (χ0v) is 12.4. The molecule has 20 heavy (non-hydrogen) atoms. The molecule has 0 unspecified atom stereocenters. The van der Waals surface area contributed by atoms with Gasteiger partial charge in [0.2, 0.25) is 0 Å². The molecule has 2 aromatic heterocycles. The van der Waals surface area contributed by atoms with Gasteiger partial charge in [0.25, 0.3) is 0 Å². The molecular weight excluding hydrogens is 250 g/mol. The van der Waals surface area contributed by atoms with Crippen molar-refractivity contribution >= 4 is 0 Å². The highest BCUT2D eigenvalue weighted by atomic mass is 16.3. The molecule has 0 radical (unpaired) electrons. The summed E-state index contributed by atoms with van der Waals surface area (Å²) in [6.07, 6.45) is 8.65. The predicted octanol–water partition coefficient (Wildman–Crippen LogP) is 2.90. The molecule has 1 aliphatic rings. The third-order valence-electron chi connectivity index (χ3n) is 3.86. The summed E-state index contributed by atoms with van der Waals surface area (Å²) in [4.78, 5) is 4.53. The lowest BCUT2D eigenvalue weighted by Crippen LogP contribution is -2.21. The van der Waals surface area contributed by atoms with Crippen LogP contribution in [0.2, 0.25) is 0 Å². The number of rotatable bonds is 5. The van der Waals surface area contributed by atoms with Crippen molar-refractivity contribution in [2.45, 2.75) is 58.7 Å². The monoisotopic (exact) mass is 273 g/mol. The van der Waals surface area contributed by atoms with Crippen LogP contribution in [-0.2, 0) is 25.9 Å². The molecule has 0 spiro atoms. The van der Waals surface area contributed by atoms with Gasteiger partial charge < -0.3 is 14.3 Å². The van der Waals surface area contributed by atoms with Gasteiger partial charge in [0.1, 0.15) is 5.76 Å². The molecule has 0 saturated heterocycles. The predicted molar refractivity (Wildman–Crippen MR) is 78.7 cm³/mol. The molecule has 3 rings (SSSR count). The van der Waals surface area contributed by atoms with Gasteiger partial charge in [-0.1, -0.05) is 13.8 Å². The van der Waals surface area contributed by atoms with Gasteiger partial charge in [-0.25, -0.2) is 4.98 Å². The number of fused-ring (bicyclic) bond motifs is 1. The van der Waals surface area contributed by atoms with Crippen molar-refractivity contribution in [2.75, 3.05) is 0 Å². The zero-order chi connectivity index (χ0) is 13.9. The molecule has 108 valence electrons. The molecule has 1 N–H and O–H groups in total. The summed E-state index contributed by atoms with van der Waals surface area (Å²) in [5.74, 6) is 1.01. The molecule has 0 fully saturated rings. The maximum atomic E-state index is 5.67. The minimum Gasteiger partial charge on any atom is -0.467 e. The van der Waals surface area contributed by atoms with E-state index in [4.69, 9.17) is 4.42 Å². The molecular formula is C16H23N3O. The van der Waals surface area contributed by atoms with Gasteiger partial charge >= 0.3 is 0 Å². The average Bonchev–Trinajstić information content (AvgIpc) is 3.05. The smallest absolute Gasteiger partial charge is 0.123 e. The van der Waals surface area contributed by atoms with Gasteiger partial charge in [0.05, 0.1) is 24.8 Å². The maximum absolute atomic E-state index is 5.67. The van der Waals surface area contributed by atoms with Crippen molar-refractivity contribution in [3.63, 3.8) is 0 Å². The van der Waals surface area contributed by atoms with Crippen molar-refractivity contribution in [2.24, 2.45) is 0 Å². The van der Waals surface area contributed by atoms with E-state index in [2.05, 4.69) is 34.8 Å². The molecule has 4 heteroatoms. The third kappa shape index (κ3) is 2.96. The van der Waals surface area contributed by atoms with E-state index in [0.29, 0.717) is 6.04 Å².